The Hall–Kier alpha value is -0.930. The van der Waals surface area contributed by atoms with Crippen molar-refractivity contribution in [3.8, 4) is 11.5 Å². The molecule has 0 bridgehead atoms. The Morgan fingerprint density at radius 3 is 2.80 bits per heavy atom. The van der Waals surface area contributed by atoms with Crippen molar-refractivity contribution >= 4 is 11.6 Å². The molecule has 1 atom stereocenters. The molecule has 1 aliphatic rings. The topological polar surface area (TPSA) is 44.5 Å². The van der Waals surface area contributed by atoms with Crippen LogP contribution in [0.25, 0.3) is 0 Å². The van der Waals surface area contributed by atoms with Crippen LogP contribution < -0.4 is 15.2 Å². The van der Waals surface area contributed by atoms with Crippen molar-refractivity contribution in [2.45, 2.75) is 19.4 Å². The van der Waals surface area contributed by atoms with Gasteiger partial charge < -0.3 is 15.2 Å². The number of hydrogen-bond acceptors (Lipinski definition) is 3. The van der Waals surface area contributed by atoms with Gasteiger partial charge in [-0.05, 0) is 24.6 Å². The summed E-state index contributed by atoms with van der Waals surface area (Å²) >= 11 is 6.10. The Labute approximate surface area is 94.1 Å². The van der Waals surface area contributed by atoms with E-state index in [1.54, 1.807) is 0 Å². The highest BCUT2D eigenvalue weighted by Crippen LogP contribution is 2.38. The third-order valence-electron chi connectivity index (χ3n) is 2.35. The van der Waals surface area contributed by atoms with Crippen molar-refractivity contribution in [2.75, 3.05) is 13.2 Å². The largest absolute Gasteiger partial charge is 0.489 e. The van der Waals surface area contributed by atoms with Gasteiger partial charge in [0.2, 0.25) is 0 Å². The van der Waals surface area contributed by atoms with Crippen LogP contribution in [0, 0.1) is 0 Å². The van der Waals surface area contributed by atoms with Crippen molar-refractivity contribution in [1.82, 2.24) is 0 Å². The van der Waals surface area contributed by atoms with Crippen LogP contribution in [0.15, 0.2) is 12.1 Å². The molecule has 82 valence electrons. The first-order valence-corrected chi connectivity index (χ1v) is 5.41. The predicted molar refractivity (Wildman–Crippen MR) is 59.7 cm³/mol. The number of fused-ring (bicyclic) bond motifs is 1. The van der Waals surface area contributed by atoms with Gasteiger partial charge in [0, 0.05) is 12.5 Å². The summed E-state index contributed by atoms with van der Waals surface area (Å²) in [7, 11) is 0. The lowest BCUT2D eigenvalue weighted by Crippen LogP contribution is -2.05. The van der Waals surface area contributed by atoms with Gasteiger partial charge in [-0.3, -0.25) is 0 Å². The second kappa shape index (κ2) is 4.29. The molecule has 15 heavy (non-hydrogen) atoms. The summed E-state index contributed by atoms with van der Waals surface area (Å²) in [4.78, 5) is 0. The summed E-state index contributed by atoms with van der Waals surface area (Å²) in [6, 6.07) is 3.68. The summed E-state index contributed by atoms with van der Waals surface area (Å²) < 4.78 is 11.1. The first-order valence-electron chi connectivity index (χ1n) is 5.03. The molecule has 1 aliphatic heterocycles. The van der Waals surface area contributed by atoms with Crippen molar-refractivity contribution in [3.05, 3.63) is 22.7 Å². The Morgan fingerprint density at radius 2 is 2.07 bits per heavy atom. The SMILES string of the molecule is C[C@@H](N)c1cc(Cl)c2c(c1)OCCCO2. The third kappa shape index (κ3) is 2.19. The molecule has 1 heterocycles. The van der Waals surface area contributed by atoms with Gasteiger partial charge in [-0.1, -0.05) is 11.6 Å². The fourth-order valence-electron chi connectivity index (χ4n) is 1.51. The standard InChI is InChI=1S/C11H14ClNO2/c1-7(13)8-5-9(12)11-10(6-8)14-3-2-4-15-11/h5-7H,2-4,13H2,1H3/t7-/m1/s1. The lowest BCUT2D eigenvalue weighted by Gasteiger charge is -2.13. The first kappa shape index (κ1) is 10.6. The molecule has 4 heteroatoms. The molecule has 1 aromatic carbocycles. The molecule has 0 aromatic heterocycles. The van der Waals surface area contributed by atoms with E-state index in [2.05, 4.69) is 0 Å². The van der Waals surface area contributed by atoms with Gasteiger partial charge in [0.15, 0.2) is 11.5 Å². The molecule has 1 aromatic rings. The Balaban J connectivity index is 2.44. The molecule has 0 saturated carbocycles. The van der Waals surface area contributed by atoms with Gasteiger partial charge in [0.25, 0.3) is 0 Å². The van der Waals surface area contributed by atoms with Crippen LogP contribution in [0.2, 0.25) is 5.02 Å². The average Bonchev–Trinajstić information content (AvgIpc) is 2.42. The minimum Gasteiger partial charge on any atom is -0.489 e. The number of benzene rings is 1. The van der Waals surface area contributed by atoms with Crippen LogP contribution in [-0.2, 0) is 0 Å². The van der Waals surface area contributed by atoms with E-state index in [1.165, 1.54) is 0 Å². The van der Waals surface area contributed by atoms with E-state index in [0.717, 1.165) is 12.0 Å². The van der Waals surface area contributed by atoms with E-state index < -0.39 is 0 Å². The van der Waals surface area contributed by atoms with Crippen LogP contribution in [0.4, 0.5) is 0 Å². The second-order valence-corrected chi connectivity index (χ2v) is 4.08. The predicted octanol–water partition coefficient (Wildman–Crippen LogP) is 2.52. The maximum absolute atomic E-state index is 6.10. The lowest BCUT2D eigenvalue weighted by atomic mass is 10.1. The van der Waals surface area contributed by atoms with Gasteiger partial charge in [-0.15, -0.1) is 0 Å². The molecule has 0 radical (unpaired) electrons. The maximum Gasteiger partial charge on any atom is 0.179 e. The van der Waals surface area contributed by atoms with Crippen molar-refractivity contribution in [1.29, 1.82) is 0 Å². The molecule has 0 fully saturated rings. The molecular weight excluding hydrogens is 214 g/mol. The first-order chi connectivity index (χ1) is 7.18. The fraction of sp³-hybridized carbons (Fsp3) is 0.455. The van der Waals surface area contributed by atoms with Crippen LogP contribution in [0.5, 0.6) is 11.5 Å². The van der Waals surface area contributed by atoms with Gasteiger partial charge in [-0.25, -0.2) is 0 Å². The quantitative estimate of drug-likeness (QED) is 0.802. The van der Waals surface area contributed by atoms with Gasteiger partial charge in [0.05, 0.1) is 18.2 Å². The molecule has 0 unspecified atom stereocenters. The van der Waals surface area contributed by atoms with Crippen molar-refractivity contribution in [3.63, 3.8) is 0 Å². The van der Waals surface area contributed by atoms with E-state index in [4.69, 9.17) is 26.8 Å². The number of ether oxygens (including phenoxy) is 2. The molecule has 0 saturated heterocycles. The van der Waals surface area contributed by atoms with Gasteiger partial charge >= 0.3 is 0 Å². The van der Waals surface area contributed by atoms with E-state index in [1.807, 2.05) is 19.1 Å². The van der Waals surface area contributed by atoms with E-state index >= 15 is 0 Å². The van der Waals surface area contributed by atoms with E-state index in [0.29, 0.717) is 29.7 Å². The van der Waals surface area contributed by atoms with E-state index in [-0.39, 0.29) is 6.04 Å². The lowest BCUT2D eigenvalue weighted by molar-refractivity contribution is 0.297. The summed E-state index contributed by atoms with van der Waals surface area (Å²) in [6.07, 6.45) is 0.874. The van der Waals surface area contributed by atoms with Gasteiger partial charge in [0.1, 0.15) is 0 Å². The number of nitrogens with two attached hydrogens (primary N) is 1. The molecule has 3 nitrogen and oxygen atoms in total. The minimum absolute atomic E-state index is 0.0559. The minimum atomic E-state index is -0.0559. The zero-order valence-corrected chi connectivity index (χ0v) is 9.38. The second-order valence-electron chi connectivity index (χ2n) is 3.67. The zero-order chi connectivity index (χ0) is 10.8. The molecular formula is C11H14ClNO2. The molecule has 2 N–H and O–H groups in total. The normalized spacial score (nSPS) is 17.0. The van der Waals surface area contributed by atoms with Crippen molar-refractivity contribution < 1.29 is 9.47 Å². The number of rotatable bonds is 1. The Kier molecular flexibility index (Phi) is 3.03. The third-order valence-corrected chi connectivity index (χ3v) is 2.63. The average molecular weight is 228 g/mol. The number of hydrogen-bond donors (Lipinski definition) is 1. The summed E-state index contributed by atoms with van der Waals surface area (Å²) in [6.45, 7) is 3.21. The zero-order valence-electron chi connectivity index (χ0n) is 8.63. The molecule has 0 aliphatic carbocycles. The summed E-state index contributed by atoms with van der Waals surface area (Å²) in [5.41, 5.74) is 6.76. The maximum atomic E-state index is 6.10. The van der Waals surface area contributed by atoms with Crippen LogP contribution >= 0.6 is 11.6 Å². The van der Waals surface area contributed by atoms with Crippen molar-refractivity contribution in [2.24, 2.45) is 5.73 Å². The van der Waals surface area contributed by atoms with Crippen LogP contribution in [0.1, 0.15) is 24.9 Å². The summed E-state index contributed by atoms with van der Waals surface area (Å²) in [5.74, 6) is 1.34. The number of halogens is 1. The van der Waals surface area contributed by atoms with E-state index in [9.17, 15) is 0 Å². The highest BCUT2D eigenvalue weighted by atomic mass is 35.5. The monoisotopic (exact) mass is 227 g/mol. The van der Waals surface area contributed by atoms with Gasteiger partial charge in [-0.2, -0.15) is 0 Å². The molecule has 0 spiro atoms. The Morgan fingerprint density at radius 1 is 1.33 bits per heavy atom. The molecule has 0 amide bonds. The summed E-state index contributed by atoms with van der Waals surface area (Å²) in [5, 5.41) is 0.571. The highest BCUT2D eigenvalue weighted by molar-refractivity contribution is 6.32. The Bertz CT molecular complexity index is 366. The smallest absolute Gasteiger partial charge is 0.179 e. The van der Waals surface area contributed by atoms with Crippen LogP contribution in [-0.4, -0.2) is 13.2 Å². The highest BCUT2D eigenvalue weighted by Gasteiger charge is 2.16. The fourth-order valence-corrected chi connectivity index (χ4v) is 1.79. The van der Waals surface area contributed by atoms with Crippen LogP contribution in [0.3, 0.4) is 0 Å². The molecule has 2 rings (SSSR count).